The lowest BCUT2D eigenvalue weighted by Crippen LogP contribution is -2.37. The summed E-state index contributed by atoms with van der Waals surface area (Å²) in [5.41, 5.74) is 0.584. The van der Waals surface area contributed by atoms with Crippen molar-refractivity contribution in [2.45, 2.75) is 6.61 Å². The molecule has 0 aromatic carbocycles. The summed E-state index contributed by atoms with van der Waals surface area (Å²) in [7, 11) is 0. The second kappa shape index (κ2) is 4.74. The molecule has 2 heterocycles. The van der Waals surface area contributed by atoms with Crippen molar-refractivity contribution in [3.63, 3.8) is 0 Å². The first kappa shape index (κ1) is 10.6. The van der Waals surface area contributed by atoms with Crippen LogP contribution in [0.4, 0.5) is 5.82 Å². The molecule has 1 aliphatic rings. The lowest BCUT2D eigenvalue weighted by Gasteiger charge is -2.29. The van der Waals surface area contributed by atoms with Gasteiger partial charge in [-0.15, -0.1) is 0 Å². The van der Waals surface area contributed by atoms with Gasteiger partial charge in [0.2, 0.25) is 0 Å². The molecule has 1 fully saturated rings. The number of hydrogen-bond acceptors (Lipinski definition) is 5. The van der Waals surface area contributed by atoms with E-state index in [4.69, 9.17) is 16.3 Å². The molecule has 5 nitrogen and oxygen atoms in total. The van der Waals surface area contributed by atoms with Gasteiger partial charge in [0.1, 0.15) is 17.3 Å². The lowest BCUT2D eigenvalue weighted by atomic mass is 10.3. The molecule has 0 spiro atoms. The van der Waals surface area contributed by atoms with E-state index < -0.39 is 0 Å². The number of halogens is 1. The Morgan fingerprint density at radius 1 is 1.40 bits per heavy atom. The Hall–Kier alpha value is -0.910. The fourth-order valence-corrected chi connectivity index (χ4v) is 1.75. The Morgan fingerprint density at radius 3 is 2.80 bits per heavy atom. The van der Waals surface area contributed by atoms with Crippen molar-refractivity contribution >= 4 is 17.4 Å². The van der Waals surface area contributed by atoms with Crippen LogP contribution in [0.2, 0.25) is 5.15 Å². The number of aromatic nitrogens is 2. The van der Waals surface area contributed by atoms with Crippen molar-refractivity contribution in [3.05, 3.63) is 17.0 Å². The summed E-state index contributed by atoms with van der Waals surface area (Å²) in [6.45, 7) is 2.73. The van der Waals surface area contributed by atoms with Crippen molar-refractivity contribution in [2.75, 3.05) is 31.2 Å². The van der Waals surface area contributed by atoms with E-state index in [1.54, 1.807) is 0 Å². The topological polar surface area (TPSA) is 58.5 Å². The van der Waals surface area contributed by atoms with Crippen molar-refractivity contribution in [1.82, 2.24) is 9.97 Å². The van der Waals surface area contributed by atoms with Crippen LogP contribution >= 0.6 is 11.6 Å². The number of morpholine rings is 1. The van der Waals surface area contributed by atoms with Gasteiger partial charge in [-0.05, 0) is 0 Å². The molecule has 82 valence electrons. The molecule has 1 aromatic heterocycles. The van der Waals surface area contributed by atoms with Gasteiger partial charge in [-0.1, -0.05) is 11.6 Å². The number of nitrogens with zero attached hydrogens (tertiary/aromatic N) is 3. The maximum absolute atomic E-state index is 9.21. The number of rotatable bonds is 2. The fourth-order valence-electron chi connectivity index (χ4n) is 1.57. The van der Waals surface area contributed by atoms with Crippen LogP contribution in [-0.4, -0.2) is 41.4 Å². The summed E-state index contributed by atoms with van der Waals surface area (Å²) in [4.78, 5) is 10.0. The molecule has 0 unspecified atom stereocenters. The number of anilines is 1. The van der Waals surface area contributed by atoms with E-state index in [9.17, 15) is 5.11 Å². The molecule has 0 radical (unpaired) electrons. The monoisotopic (exact) mass is 229 g/mol. The predicted molar refractivity (Wildman–Crippen MR) is 56.0 cm³/mol. The molecule has 2 rings (SSSR count). The zero-order valence-corrected chi connectivity index (χ0v) is 8.94. The molecule has 0 saturated carbocycles. The Morgan fingerprint density at radius 2 is 2.13 bits per heavy atom. The fraction of sp³-hybridized carbons (Fsp3) is 0.556. The second-order valence-electron chi connectivity index (χ2n) is 3.22. The predicted octanol–water partition coefficient (Wildman–Crippen LogP) is 0.459. The first-order valence-electron chi connectivity index (χ1n) is 4.76. The van der Waals surface area contributed by atoms with E-state index in [0.29, 0.717) is 29.7 Å². The van der Waals surface area contributed by atoms with Crippen LogP contribution in [0, 0.1) is 0 Å². The third-order valence-corrected chi connectivity index (χ3v) is 2.66. The van der Waals surface area contributed by atoms with Crippen LogP contribution in [0.3, 0.4) is 0 Å². The second-order valence-corrected chi connectivity index (χ2v) is 3.58. The molecule has 15 heavy (non-hydrogen) atoms. The van der Waals surface area contributed by atoms with E-state index in [-0.39, 0.29) is 6.61 Å². The summed E-state index contributed by atoms with van der Waals surface area (Å²) >= 11 is 5.88. The molecule has 1 aliphatic heterocycles. The Bertz CT molecular complexity index is 342. The highest BCUT2D eigenvalue weighted by molar-refractivity contribution is 6.30. The first-order valence-corrected chi connectivity index (χ1v) is 5.13. The van der Waals surface area contributed by atoms with Crippen molar-refractivity contribution in [2.24, 2.45) is 0 Å². The standard InChI is InChI=1S/C9H12ClN3O2/c10-8-7(5-14)9(12-6-11-8)13-1-3-15-4-2-13/h6,14H,1-5H2. The third kappa shape index (κ3) is 2.19. The van der Waals surface area contributed by atoms with E-state index in [1.165, 1.54) is 6.33 Å². The Labute approximate surface area is 92.7 Å². The van der Waals surface area contributed by atoms with Gasteiger partial charge < -0.3 is 14.7 Å². The van der Waals surface area contributed by atoms with E-state index in [1.807, 2.05) is 4.90 Å². The average Bonchev–Trinajstić information content (AvgIpc) is 2.30. The minimum atomic E-state index is -0.146. The molecule has 1 N–H and O–H groups in total. The first-order chi connectivity index (χ1) is 7.33. The van der Waals surface area contributed by atoms with Crippen molar-refractivity contribution in [3.8, 4) is 0 Å². The molecular weight excluding hydrogens is 218 g/mol. The molecule has 0 atom stereocenters. The van der Waals surface area contributed by atoms with Crippen molar-refractivity contribution < 1.29 is 9.84 Å². The maximum atomic E-state index is 9.21. The van der Waals surface area contributed by atoms with Crippen LogP contribution in [-0.2, 0) is 11.3 Å². The minimum Gasteiger partial charge on any atom is -0.391 e. The highest BCUT2D eigenvalue weighted by Gasteiger charge is 2.17. The van der Waals surface area contributed by atoms with Gasteiger partial charge in [0.05, 0.1) is 25.4 Å². The summed E-state index contributed by atoms with van der Waals surface area (Å²) < 4.78 is 5.24. The number of ether oxygens (including phenoxy) is 1. The Kier molecular flexibility index (Phi) is 3.35. The van der Waals surface area contributed by atoms with Gasteiger partial charge in [0.25, 0.3) is 0 Å². The molecule has 1 saturated heterocycles. The van der Waals surface area contributed by atoms with Crippen LogP contribution in [0.5, 0.6) is 0 Å². The van der Waals surface area contributed by atoms with Gasteiger partial charge in [-0.2, -0.15) is 0 Å². The molecule has 1 aromatic rings. The zero-order chi connectivity index (χ0) is 10.7. The largest absolute Gasteiger partial charge is 0.391 e. The van der Waals surface area contributed by atoms with Crippen molar-refractivity contribution in [1.29, 1.82) is 0 Å². The third-order valence-electron chi connectivity index (χ3n) is 2.34. The normalized spacial score (nSPS) is 16.8. The quantitative estimate of drug-likeness (QED) is 0.747. The zero-order valence-electron chi connectivity index (χ0n) is 8.19. The summed E-state index contributed by atoms with van der Waals surface area (Å²) in [6.07, 6.45) is 1.41. The highest BCUT2D eigenvalue weighted by Crippen LogP contribution is 2.23. The van der Waals surface area contributed by atoms with Crippen LogP contribution in [0.1, 0.15) is 5.56 Å². The molecule has 0 amide bonds. The SMILES string of the molecule is OCc1c(Cl)ncnc1N1CCOCC1. The average molecular weight is 230 g/mol. The smallest absolute Gasteiger partial charge is 0.140 e. The molecule has 0 aliphatic carbocycles. The van der Waals surface area contributed by atoms with Crippen LogP contribution in [0.15, 0.2) is 6.33 Å². The van der Waals surface area contributed by atoms with E-state index in [2.05, 4.69) is 9.97 Å². The lowest BCUT2D eigenvalue weighted by molar-refractivity contribution is 0.122. The number of aliphatic hydroxyl groups excluding tert-OH is 1. The summed E-state index contributed by atoms with van der Waals surface area (Å²) in [6, 6.07) is 0. The van der Waals surface area contributed by atoms with Crippen LogP contribution in [0.25, 0.3) is 0 Å². The van der Waals surface area contributed by atoms with Crippen LogP contribution < -0.4 is 4.90 Å². The van der Waals surface area contributed by atoms with Gasteiger partial charge in [-0.3, -0.25) is 0 Å². The Balaban J connectivity index is 2.29. The number of hydrogen-bond donors (Lipinski definition) is 1. The van der Waals surface area contributed by atoms with Gasteiger partial charge in [0, 0.05) is 13.1 Å². The summed E-state index contributed by atoms with van der Waals surface area (Å²) in [5, 5.41) is 9.52. The molecular formula is C9H12ClN3O2. The summed E-state index contributed by atoms with van der Waals surface area (Å²) in [5.74, 6) is 0.709. The van der Waals surface area contributed by atoms with Gasteiger partial charge >= 0.3 is 0 Å². The number of aliphatic hydroxyl groups is 1. The molecule has 0 bridgehead atoms. The van der Waals surface area contributed by atoms with Gasteiger partial charge in [-0.25, -0.2) is 9.97 Å². The van der Waals surface area contributed by atoms with E-state index in [0.717, 1.165) is 13.1 Å². The highest BCUT2D eigenvalue weighted by atomic mass is 35.5. The minimum absolute atomic E-state index is 0.146. The molecule has 6 heteroatoms. The van der Waals surface area contributed by atoms with E-state index >= 15 is 0 Å². The maximum Gasteiger partial charge on any atom is 0.140 e. The van der Waals surface area contributed by atoms with Gasteiger partial charge in [0.15, 0.2) is 0 Å².